The molecule has 2 saturated carbocycles. The number of carbonyl (C=O) groups is 1. The zero-order valence-corrected chi connectivity index (χ0v) is 24.0. The number of nitrogens with zero attached hydrogens (tertiary/aromatic N) is 6. The van der Waals surface area contributed by atoms with Gasteiger partial charge in [0, 0.05) is 23.9 Å². The van der Waals surface area contributed by atoms with Crippen molar-refractivity contribution in [2.45, 2.75) is 62.9 Å². The summed E-state index contributed by atoms with van der Waals surface area (Å²) < 4.78 is 5.63. The topological polar surface area (TPSA) is 105 Å². The number of amidine groups is 1. The summed E-state index contributed by atoms with van der Waals surface area (Å²) in [6.45, 7) is 4.53. The van der Waals surface area contributed by atoms with Crippen LogP contribution in [-0.2, 0) is 11.3 Å². The monoisotopic (exact) mass is 545 g/mol. The normalized spacial score (nSPS) is 16.1. The highest BCUT2D eigenvalue weighted by Gasteiger charge is 2.34. The quantitative estimate of drug-likeness (QED) is 0.149. The first-order chi connectivity index (χ1) is 18.9. The zero-order valence-electron chi connectivity index (χ0n) is 23.1. The van der Waals surface area contributed by atoms with Crippen molar-refractivity contribution in [2.24, 2.45) is 10.9 Å². The molecule has 2 aliphatic carbocycles. The highest BCUT2D eigenvalue weighted by atomic mass is 32.2. The molecule has 5 rings (SSSR count). The van der Waals surface area contributed by atoms with Crippen LogP contribution in [0.3, 0.4) is 0 Å². The molecule has 2 heterocycles. The standard InChI is InChI=1S/C29H35N7O2S/c1-17-25(34-23(15-37)30-14-19-6-12-22(39-5)13-7-19)28(36(3)18(2)20-8-9-20)35-27(33-17)24-26(21-10-11-21)31-16-32-29(24)38-4/h6-7,12-13,15-16,18,20-21H,8-11,14H2,1-5H3,(H,30,34). The minimum Gasteiger partial charge on any atom is -0.480 e. The van der Waals surface area contributed by atoms with Crippen LogP contribution in [0.5, 0.6) is 5.88 Å². The molecule has 204 valence electrons. The number of aldehydes is 1. The molecule has 0 amide bonds. The minimum atomic E-state index is 0.233. The minimum absolute atomic E-state index is 0.233. The van der Waals surface area contributed by atoms with Crippen LogP contribution in [-0.4, -0.2) is 58.5 Å². The van der Waals surface area contributed by atoms with Gasteiger partial charge >= 0.3 is 0 Å². The van der Waals surface area contributed by atoms with E-state index in [2.05, 4.69) is 44.2 Å². The molecule has 1 atom stereocenters. The molecule has 0 spiro atoms. The average molecular weight is 546 g/mol. The van der Waals surface area contributed by atoms with Crippen LogP contribution in [0.25, 0.3) is 11.4 Å². The number of thioether (sulfide) groups is 1. The molecule has 2 fully saturated rings. The van der Waals surface area contributed by atoms with E-state index in [-0.39, 0.29) is 11.9 Å². The van der Waals surface area contributed by atoms with Gasteiger partial charge in [-0.3, -0.25) is 9.79 Å². The summed E-state index contributed by atoms with van der Waals surface area (Å²) in [6.07, 6.45) is 8.90. The molecular weight excluding hydrogens is 510 g/mol. The van der Waals surface area contributed by atoms with Gasteiger partial charge in [0.25, 0.3) is 0 Å². The Morgan fingerprint density at radius 2 is 1.95 bits per heavy atom. The van der Waals surface area contributed by atoms with Gasteiger partial charge in [0.15, 0.2) is 23.8 Å². The van der Waals surface area contributed by atoms with Crippen molar-refractivity contribution in [1.29, 1.82) is 0 Å². The second kappa shape index (κ2) is 11.7. The summed E-state index contributed by atoms with van der Waals surface area (Å²) in [6, 6.07) is 8.46. The van der Waals surface area contributed by atoms with Gasteiger partial charge in [-0.15, -0.1) is 11.8 Å². The second-order valence-corrected chi connectivity index (χ2v) is 11.1. The van der Waals surface area contributed by atoms with Crippen LogP contribution >= 0.6 is 11.8 Å². The maximum atomic E-state index is 12.1. The number of ether oxygens (including phenoxy) is 1. The number of methoxy groups -OCH3 is 1. The Hall–Kier alpha value is -3.53. The van der Waals surface area contributed by atoms with Crippen molar-refractivity contribution in [3.63, 3.8) is 0 Å². The average Bonchev–Trinajstić information content (AvgIpc) is 3.88. The molecular formula is C29H35N7O2S. The van der Waals surface area contributed by atoms with Crippen molar-refractivity contribution < 1.29 is 9.53 Å². The molecule has 1 N–H and O–H groups in total. The molecule has 0 saturated heterocycles. The highest BCUT2D eigenvalue weighted by molar-refractivity contribution is 7.98. The number of rotatable bonds is 11. The summed E-state index contributed by atoms with van der Waals surface area (Å²) in [5, 5.41) is 3.26. The van der Waals surface area contributed by atoms with Gasteiger partial charge in [0.2, 0.25) is 5.88 Å². The maximum Gasteiger partial charge on any atom is 0.227 e. The van der Waals surface area contributed by atoms with Crippen molar-refractivity contribution in [3.05, 3.63) is 47.5 Å². The van der Waals surface area contributed by atoms with E-state index in [4.69, 9.17) is 14.7 Å². The number of aryl methyl sites for hydroxylation is 1. The molecule has 0 radical (unpaired) electrons. The van der Waals surface area contributed by atoms with Gasteiger partial charge in [-0.25, -0.2) is 19.9 Å². The fourth-order valence-electron chi connectivity index (χ4n) is 4.71. The molecule has 1 unspecified atom stereocenters. The van der Waals surface area contributed by atoms with Gasteiger partial charge in [-0.05, 0) is 69.4 Å². The largest absolute Gasteiger partial charge is 0.480 e. The Balaban J connectivity index is 1.53. The molecule has 2 aromatic heterocycles. The first-order valence-electron chi connectivity index (χ1n) is 13.3. The van der Waals surface area contributed by atoms with E-state index in [1.807, 2.05) is 32.4 Å². The third kappa shape index (κ3) is 6.06. The predicted octanol–water partition coefficient (Wildman–Crippen LogP) is 5.29. The third-order valence-corrected chi connectivity index (χ3v) is 8.24. The lowest BCUT2D eigenvalue weighted by atomic mass is 10.1. The number of carbonyl (C=O) groups excluding carboxylic acids is 1. The Labute approximate surface area is 233 Å². The Kier molecular flexibility index (Phi) is 8.11. The number of benzene rings is 1. The Morgan fingerprint density at radius 1 is 1.21 bits per heavy atom. The lowest BCUT2D eigenvalue weighted by Crippen LogP contribution is -2.33. The van der Waals surface area contributed by atoms with E-state index in [1.54, 1.807) is 25.2 Å². The van der Waals surface area contributed by atoms with Crippen molar-refractivity contribution in [3.8, 4) is 17.3 Å². The molecule has 0 bridgehead atoms. The lowest BCUT2D eigenvalue weighted by Gasteiger charge is -2.29. The van der Waals surface area contributed by atoms with E-state index in [9.17, 15) is 4.79 Å². The lowest BCUT2D eigenvalue weighted by molar-refractivity contribution is -0.102. The zero-order chi connectivity index (χ0) is 27.5. The fraction of sp³-hybridized carbons (Fsp3) is 0.448. The number of nitrogens with one attached hydrogen (secondary N) is 1. The summed E-state index contributed by atoms with van der Waals surface area (Å²) in [5.41, 5.74) is 4.07. The summed E-state index contributed by atoms with van der Waals surface area (Å²) in [5.74, 6) is 2.92. The number of aliphatic imine (C=N–C) groups is 1. The molecule has 1 aromatic carbocycles. The van der Waals surface area contributed by atoms with Crippen LogP contribution in [0.1, 0.15) is 55.5 Å². The predicted molar refractivity (Wildman–Crippen MR) is 156 cm³/mol. The van der Waals surface area contributed by atoms with E-state index in [0.29, 0.717) is 47.3 Å². The van der Waals surface area contributed by atoms with Gasteiger partial charge in [-0.2, -0.15) is 0 Å². The van der Waals surface area contributed by atoms with Crippen molar-refractivity contribution in [2.75, 3.05) is 30.6 Å². The van der Waals surface area contributed by atoms with Crippen LogP contribution in [0.15, 0.2) is 40.5 Å². The van der Waals surface area contributed by atoms with Gasteiger partial charge < -0.3 is 15.0 Å². The van der Waals surface area contributed by atoms with Gasteiger partial charge in [0.1, 0.15) is 17.6 Å². The third-order valence-electron chi connectivity index (χ3n) is 7.50. The number of hydrogen-bond acceptors (Lipinski definition) is 9. The number of anilines is 2. The second-order valence-electron chi connectivity index (χ2n) is 10.2. The molecule has 9 nitrogen and oxygen atoms in total. The fourth-order valence-corrected chi connectivity index (χ4v) is 5.12. The van der Waals surface area contributed by atoms with Gasteiger partial charge in [-0.1, -0.05) is 12.1 Å². The maximum absolute atomic E-state index is 12.1. The van der Waals surface area contributed by atoms with Gasteiger partial charge in [0.05, 0.1) is 25.0 Å². The summed E-state index contributed by atoms with van der Waals surface area (Å²) in [4.78, 5) is 38.9. The Morgan fingerprint density at radius 3 is 2.56 bits per heavy atom. The van der Waals surface area contributed by atoms with Crippen LogP contribution in [0.2, 0.25) is 0 Å². The first kappa shape index (κ1) is 27.1. The first-order valence-corrected chi connectivity index (χ1v) is 14.6. The SMILES string of the molecule is COc1ncnc(C2CC2)c1-c1nc(C)c(NC(C=O)=NCc2ccc(SC)cc2)c(N(C)C(C)C2CC2)n1. The highest BCUT2D eigenvalue weighted by Crippen LogP contribution is 2.46. The molecule has 2 aliphatic rings. The van der Waals surface area contributed by atoms with Crippen LogP contribution in [0.4, 0.5) is 11.5 Å². The van der Waals surface area contributed by atoms with Crippen molar-refractivity contribution in [1.82, 2.24) is 19.9 Å². The van der Waals surface area contributed by atoms with Crippen LogP contribution in [0, 0.1) is 12.8 Å². The van der Waals surface area contributed by atoms with E-state index < -0.39 is 0 Å². The number of aromatic nitrogens is 4. The van der Waals surface area contributed by atoms with E-state index in [0.717, 1.165) is 35.9 Å². The summed E-state index contributed by atoms with van der Waals surface area (Å²) >= 11 is 1.69. The molecule has 10 heteroatoms. The smallest absolute Gasteiger partial charge is 0.227 e. The molecule has 39 heavy (non-hydrogen) atoms. The van der Waals surface area contributed by atoms with E-state index in [1.165, 1.54) is 17.7 Å². The Bertz CT molecular complexity index is 1370. The molecule has 3 aromatic rings. The van der Waals surface area contributed by atoms with Crippen LogP contribution < -0.4 is 15.0 Å². The van der Waals surface area contributed by atoms with E-state index >= 15 is 0 Å². The van der Waals surface area contributed by atoms with Crippen molar-refractivity contribution >= 4 is 35.4 Å². The molecule has 0 aliphatic heterocycles. The summed E-state index contributed by atoms with van der Waals surface area (Å²) in [7, 11) is 3.65. The number of hydrogen-bond donors (Lipinski definition) is 1.